The number of rotatable bonds is 28. The van der Waals surface area contributed by atoms with Crippen LogP contribution >= 0.6 is 0 Å². The minimum atomic E-state index is -3.95. The van der Waals surface area contributed by atoms with Gasteiger partial charge in [-0.1, -0.05) is 110 Å². The molecule has 20 atom stereocenters. The lowest BCUT2D eigenvalue weighted by Crippen LogP contribution is -2.51. The highest BCUT2D eigenvalue weighted by molar-refractivity contribution is 5.77. The van der Waals surface area contributed by atoms with Gasteiger partial charge in [-0.25, -0.2) is 0 Å². The number of nitrogens with zero attached hydrogens (tertiary/aromatic N) is 4. The average molecular weight is 1730 g/mol. The molecule has 4 saturated heterocycles. The van der Waals surface area contributed by atoms with Gasteiger partial charge in [0.1, 0.15) is 48.6 Å². The van der Waals surface area contributed by atoms with E-state index in [9.17, 15) is 46.6 Å². The molecule has 24 nitrogen and oxygen atoms in total. The first-order valence-electron chi connectivity index (χ1n) is 65.9. The Morgan fingerprint density at radius 1 is 0.375 bits per heavy atom. The summed E-state index contributed by atoms with van der Waals surface area (Å²) < 4.78 is 531. The number of carbonyl (C=O) groups excluding carboxylic acids is 4. The van der Waals surface area contributed by atoms with E-state index < -0.39 is 312 Å². The summed E-state index contributed by atoms with van der Waals surface area (Å²) in [5, 5.41) is 0. The van der Waals surface area contributed by atoms with E-state index >= 15 is 0 Å². The highest BCUT2D eigenvalue weighted by Crippen LogP contribution is 2.50. The minimum absolute atomic E-state index is 0.00504. The number of nitrogens with two attached hydrogens (primary N) is 4. The predicted octanol–water partition coefficient (Wildman–Crippen LogP) is 14.3. The van der Waals surface area contributed by atoms with Gasteiger partial charge in [0.15, 0.2) is 46.0 Å². The van der Waals surface area contributed by atoms with E-state index in [1.54, 1.807) is 27.7 Å². The first kappa shape index (κ1) is 46.2. The highest BCUT2D eigenvalue weighted by atomic mass is 16.6. The summed E-state index contributed by atoms with van der Waals surface area (Å²) in [5.74, 6) is -36.1. The number of hydrogen-bond acceptors (Lipinski definition) is 24. The molecule has 0 bridgehead atoms. The van der Waals surface area contributed by atoms with E-state index in [-0.39, 0.29) is 105 Å². The number of esters is 4. The fourth-order valence-corrected chi connectivity index (χ4v) is 13.3. The van der Waals surface area contributed by atoms with E-state index in [1.807, 2.05) is 0 Å². The number of benzene rings is 4. The van der Waals surface area contributed by atoms with Crippen LogP contribution in [0.4, 0.5) is 0 Å². The summed E-state index contributed by atoms with van der Waals surface area (Å²) in [6, 6.07) is -5.99. The molecule has 0 saturated carbocycles. The fourth-order valence-electron chi connectivity index (χ4n) is 13.3. The molecule has 4 aromatic carbocycles. The molecule has 8 heterocycles. The molecule has 4 aromatic rings. The quantitative estimate of drug-likeness (QED) is 0.0303. The average Bonchev–Trinajstić information content (AvgIpc) is 0.662. The Morgan fingerprint density at radius 3 is 0.908 bits per heavy atom. The number of piperidine rings is 4. The van der Waals surface area contributed by atoms with Crippen molar-refractivity contribution in [3.05, 3.63) is 93.0 Å². The minimum Gasteiger partial charge on any atom is -0.493 e. The van der Waals surface area contributed by atoms with Crippen LogP contribution in [-0.2, 0) is 63.8 Å². The summed E-state index contributed by atoms with van der Waals surface area (Å²) in [6.07, 6.45) is -41.1. The van der Waals surface area contributed by atoms with Gasteiger partial charge in [0.05, 0.1) is 70.4 Å². The normalized spacial score (nSPS) is 42.9. The topological polar surface area (TPSA) is 296 Å². The summed E-state index contributed by atoms with van der Waals surface area (Å²) in [7, 11) is 1.85. The molecule has 12 rings (SSSR count). The summed E-state index contributed by atoms with van der Waals surface area (Å²) in [6.45, 7) is -14.7. The highest BCUT2D eigenvalue weighted by Gasteiger charge is 2.47. The van der Waals surface area contributed by atoms with Crippen LogP contribution in [0.3, 0.4) is 0 Å². The maximum absolute atomic E-state index is 13.3. The fraction of sp³-hybridized carbons (Fsp3) is 0.708. The third-order valence-electron chi connectivity index (χ3n) is 20.1. The van der Waals surface area contributed by atoms with Crippen molar-refractivity contribution < 1.29 is 150 Å². The van der Waals surface area contributed by atoms with Gasteiger partial charge in [-0.15, -0.1) is 0 Å². The predicted molar refractivity (Wildman–Crippen MR) is 471 cm³/mol. The molecule has 16 unspecified atom stereocenters. The molecule has 24 heteroatoms. The summed E-state index contributed by atoms with van der Waals surface area (Å²) in [4.78, 5) is 55.5. The van der Waals surface area contributed by atoms with Crippen molar-refractivity contribution in [2.45, 2.75) is 260 Å². The molecular formula is C96H152N8O16. The van der Waals surface area contributed by atoms with Gasteiger partial charge in [0.2, 0.25) is 0 Å². The van der Waals surface area contributed by atoms with Crippen molar-refractivity contribution in [3.63, 3.8) is 0 Å². The van der Waals surface area contributed by atoms with Crippen LogP contribution in [0.2, 0.25) is 0 Å². The van der Waals surface area contributed by atoms with Gasteiger partial charge < -0.3 is 79.8 Å². The Hall–Kier alpha value is -7.16. The molecule has 8 aliphatic rings. The smallest absolute Gasteiger partial charge is 0.323 e. The van der Waals surface area contributed by atoms with Gasteiger partial charge in [-0.3, -0.25) is 38.8 Å². The third kappa shape index (κ3) is 23.8. The van der Waals surface area contributed by atoms with Crippen LogP contribution in [0, 0.1) is 70.8 Å². The maximum atomic E-state index is 13.3. The van der Waals surface area contributed by atoms with E-state index in [1.165, 1.54) is 99.6 Å². The van der Waals surface area contributed by atoms with Gasteiger partial charge >= 0.3 is 23.9 Å². The molecule has 0 amide bonds. The Labute approximate surface area is 794 Å². The lowest BCUT2D eigenvalue weighted by molar-refractivity contribution is -0.161. The van der Waals surface area contributed by atoms with Crippen LogP contribution in [0.25, 0.3) is 0 Å². The number of hydrogen-bond donors (Lipinski definition) is 4. The van der Waals surface area contributed by atoms with Crippen LogP contribution in [-0.4, -0.2) is 201 Å². The van der Waals surface area contributed by atoms with Crippen molar-refractivity contribution in [1.29, 1.82) is 0 Å². The van der Waals surface area contributed by atoms with E-state index in [4.69, 9.17) is 126 Å². The second-order valence-electron chi connectivity index (χ2n) is 30.3. The van der Waals surface area contributed by atoms with Crippen LogP contribution in [0.5, 0.6) is 46.0 Å². The largest absolute Gasteiger partial charge is 0.493 e. The number of methoxy groups -OCH3 is 8. The number of carbonyl (C=O) groups is 4. The zero-order valence-corrected chi connectivity index (χ0v) is 70.8. The van der Waals surface area contributed by atoms with E-state index in [2.05, 4.69) is 0 Å². The van der Waals surface area contributed by atoms with Gasteiger partial charge in [-0.2, -0.15) is 0 Å². The number of ether oxygens (including phenoxy) is 12. The Morgan fingerprint density at radius 2 is 0.625 bits per heavy atom. The van der Waals surface area contributed by atoms with Crippen molar-refractivity contribution in [1.82, 2.24) is 19.6 Å². The summed E-state index contributed by atoms with van der Waals surface area (Å²) in [5.41, 5.74) is 24.2. The first-order valence-corrected chi connectivity index (χ1v) is 38.9. The van der Waals surface area contributed by atoms with Crippen molar-refractivity contribution in [2.75, 3.05) is 109 Å². The first-order chi connectivity index (χ1) is 77.6. The Balaban J connectivity index is 0.000000254. The number of fused-ring (bicyclic) bond motifs is 12. The molecule has 0 spiro atoms. The molecule has 672 valence electrons. The second kappa shape index (κ2) is 43.9. The van der Waals surface area contributed by atoms with Crippen molar-refractivity contribution in [3.8, 4) is 46.0 Å². The molecule has 120 heavy (non-hydrogen) atoms. The standard InChI is InChI=1S/4C24H38N2O4/c4*1-14(2)9-17-13-26-8-7-16-10-21(28-5)22(29-6)11-18(16)19(26)12-20(17)30-24(27)23(25)15(3)4/h4*10-11,14-15,17,19-20,23H,7-9,12-13,25H2,1-6H3/t4*17?,19?,20?,23-/m0000/s1/i1D3,5D3,9D2,12D2,13D2,14D,17D,20D;1D3,5D3,9D2,12D2,13D2,14D,17D,19D;2*1D3,9D2,12D2,13D2,14D,17D,19D/t4*14?,17?,19?,20?,23-. The molecule has 0 aliphatic carbocycles. The van der Waals surface area contributed by atoms with Crippen LogP contribution in [0.15, 0.2) is 48.5 Å². The lowest BCUT2D eigenvalue weighted by atomic mass is 9.79. The van der Waals surface area contributed by atoms with E-state index in [0.29, 0.717) is 53.5 Å². The lowest BCUT2D eigenvalue weighted by Gasteiger charge is -2.47. The SMILES string of the molecule is [2H]C([2H])([2H])C([2H])(C)C([2H])([2H])C1([2H])C(OC(=O)[C@@H](N)C(C)C)C([2H])([2H])C2([2H])c3cc(OC)c(OC)cc3CCN2C1([2H])[2H].[2H]C([2H])([2H])C([2H])(C)C([2H])([2H])C1([2H])C(OC(=O)[C@@H](N)C(C)C)C([2H])([2H])C2([2H])c3cc(OC)c(OC)cc3CCN2C1([2H])[2H].[2H]C([2H])([2H])Oc1cc2c(cc1OC)C1([2H])N(CC2)C([2H])([2H])C([2H])(C([2H])([2H])C([2H])(C)C([2H])([2H])[2H])C(OC(=O)[C@@H](N)C(C)C)C1([2H])[2H].[2H]C([2H])([2H])Oc1cc2c(cc1OC)C1N(CC2)C([2H])([2H])C([2H])(C([2H])([2H])C([2H])(C)C([2H])([2H])[2H])C([2H])(OC(=O)[C@@H](N)C(C)C)C1([2H])[2H]. The molecular weight excluding hydrogens is 1520 g/mol. The maximum Gasteiger partial charge on any atom is 0.323 e. The van der Waals surface area contributed by atoms with Gasteiger partial charge in [-0.05, 0) is 191 Å². The van der Waals surface area contributed by atoms with Crippen LogP contribution in [0.1, 0.15) is 304 Å². The van der Waals surface area contributed by atoms with Crippen molar-refractivity contribution >= 4 is 23.9 Å². The Kier molecular flexibility index (Phi) is 16.9. The second-order valence-corrected chi connectivity index (χ2v) is 30.3. The zero-order valence-electron chi connectivity index (χ0n) is 125. The van der Waals surface area contributed by atoms with Gasteiger partial charge in [0.25, 0.3) is 0 Å². The molecule has 8 aliphatic heterocycles. The molecule has 0 radical (unpaired) electrons. The Bertz CT molecular complexity index is 6420. The summed E-state index contributed by atoms with van der Waals surface area (Å²) >= 11 is 0. The van der Waals surface area contributed by atoms with E-state index in [0.717, 1.165) is 24.1 Å². The molecule has 4 fully saturated rings. The van der Waals surface area contributed by atoms with Crippen LogP contribution < -0.4 is 60.8 Å². The molecule has 8 N–H and O–H groups in total. The third-order valence-corrected chi connectivity index (χ3v) is 20.1. The molecule has 0 aromatic heterocycles. The monoisotopic (exact) mass is 1730 g/mol. The van der Waals surface area contributed by atoms with Crippen molar-refractivity contribution in [2.24, 2.45) is 93.8 Å². The van der Waals surface area contributed by atoms with Gasteiger partial charge in [0, 0.05) is 186 Å². The zero-order chi connectivity index (χ0) is 136.